The summed E-state index contributed by atoms with van der Waals surface area (Å²) < 4.78 is 45.7. The van der Waals surface area contributed by atoms with E-state index in [2.05, 4.69) is 10.4 Å². The Morgan fingerprint density at radius 2 is 1.90 bits per heavy atom. The molecule has 29 heavy (non-hydrogen) atoms. The Kier molecular flexibility index (Phi) is 3.71. The third-order valence-corrected chi connectivity index (χ3v) is 6.49. The molecule has 2 spiro atoms. The number of hydrogen-bond donors (Lipinski definition) is 1. The summed E-state index contributed by atoms with van der Waals surface area (Å²) in [6.07, 6.45) is -1.06. The number of nitrogens with zero attached hydrogens (tertiary/aromatic N) is 4. The number of aromatic nitrogens is 2. The molecule has 1 aromatic rings. The molecular formula is C18H22F3N5O3. The molecule has 0 unspecified atom stereocenters. The molecule has 3 amide bonds. The van der Waals surface area contributed by atoms with Crippen molar-refractivity contribution in [3.63, 3.8) is 0 Å². The molecule has 0 bridgehead atoms. The van der Waals surface area contributed by atoms with E-state index in [-0.39, 0.29) is 34.7 Å². The molecule has 4 heterocycles. The van der Waals surface area contributed by atoms with Crippen LogP contribution in [0.25, 0.3) is 0 Å². The predicted octanol–water partition coefficient (Wildman–Crippen LogP) is 1.37. The molecule has 158 valence electrons. The second-order valence-electron chi connectivity index (χ2n) is 8.98. The number of urea groups is 1. The number of ether oxygens (including phenoxy) is 1. The van der Waals surface area contributed by atoms with E-state index in [1.165, 1.54) is 13.2 Å². The third kappa shape index (κ3) is 3.01. The maximum atomic E-state index is 13.0. The maximum Gasteiger partial charge on any atom is 0.438 e. The van der Waals surface area contributed by atoms with Gasteiger partial charge in [0.1, 0.15) is 6.10 Å². The minimum absolute atomic E-state index is 0.0293. The minimum atomic E-state index is -4.55. The Bertz CT molecular complexity index is 863. The second-order valence-corrected chi connectivity index (χ2v) is 8.98. The normalized spacial score (nSPS) is 24.9. The van der Waals surface area contributed by atoms with Gasteiger partial charge < -0.3 is 19.9 Å². The van der Waals surface area contributed by atoms with Crippen molar-refractivity contribution in [1.82, 2.24) is 24.9 Å². The van der Waals surface area contributed by atoms with Crippen LogP contribution in [0.15, 0.2) is 6.20 Å². The number of nitrogens with one attached hydrogen (secondary N) is 1. The number of rotatable bonds is 2. The molecule has 5 rings (SSSR count). The molecule has 4 aliphatic rings. The molecule has 11 heteroatoms. The van der Waals surface area contributed by atoms with Crippen LogP contribution in [-0.4, -0.2) is 69.3 Å². The van der Waals surface area contributed by atoms with E-state index in [1.54, 1.807) is 9.80 Å². The van der Waals surface area contributed by atoms with Gasteiger partial charge in [0.05, 0.1) is 11.7 Å². The Labute approximate surface area is 164 Å². The number of carbonyl (C=O) groups excluding carboxylic acids is 2. The van der Waals surface area contributed by atoms with E-state index in [1.807, 2.05) is 0 Å². The van der Waals surface area contributed by atoms with E-state index >= 15 is 0 Å². The van der Waals surface area contributed by atoms with Gasteiger partial charge in [-0.15, -0.1) is 0 Å². The predicted molar refractivity (Wildman–Crippen MR) is 92.9 cm³/mol. The molecule has 3 aliphatic heterocycles. The highest BCUT2D eigenvalue weighted by Crippen LogP contribution is 2.51. The van der Waals surface area contributed by atoms with Gasteiger partial charge in [-0.25, -0.2) is 4.79 Å². The number of likely N-dealkylation sites (tertiary alicyclic amines) is 2. The third-order valence-electron chi connectivity index (χ3n) is 6.49. The van der Waals surface area contributed by atoms with Crippen molar-refractivity contribution in [2.75, 3.05) is 26.2 Å². The average molecular weight is 413 g/mol. The van der Waals surface area contributed by atoms with Crippen LogP contribution in [0.1, 0.15) is 31.4 Å². The first kappa shape index (κ1) is 18.6. The Morgan fingerprint density at radius 3 is 2.48 bits per heavy atom. The van der Waals surface area contributed by atoms with Gasteiger partial charge in [0.15, 0.2) is 5.75 Å². The quantitative estimate of drug-likeness (QED) is 0.794. The van der Waals surface area contributed by atoms with Crippen LogP contribution in [0.2, 0.25) is 0 Å². The maximum absolute atomic E-state index is 13.0. The number of hydrogen-bond acceptors (Lipinski definition) is 4. The number of alkyl halides is 3. The van der Waals surface area contributed by atoms with Crippen LogP contribution in [0.3, 0.4) is 0 Å². The van der Waals surface area contributed by atoms with Gasteiger partial charge in [-0.05, 0) is 19.3 Å². The molecule has 0 radical (unpaired) electrons. The highest BCUT2D eigenvalue weighted by atomic mass is 19.4. The zero-order valence-electron chi connectivity index (χ0n) is 16.0. The fourth-order valence-corrected chi connectivity index (χ4v) is 5.11. The molecule has 1 saturated carbocycles. The van der Waals surface area contributed by atoms with Gasteiger partial charge in [0.25, 0.3) is 0 Å². The van der Waals surface area contributed by atoms with Crippen molar-refractivity contribution in [3.8, 4) is 5.75 Å². The summed E-state index contributed by atoms with van der Waals surface area (Å²) in [5.41, 5.74) is -1.28. The summed E-state index contributed by atoms with van der Waals surface area (Å²) in [5, 5.41) is 6.41. The molecule has 1 aliphatic carbocycles. The summed E-state index contributed by atoms with van der Waals surface area (Å²) in [7, 11) is 1.43. The van der Waals surface area contributed by atoms with Gasteiger partial charge in [-0.2, -0.15) is 18.3 Å². The van der Waals surface area contributed by atoms with Gasteiger partial charge >= 0.3 is 12.2 Å². The van der Waals surface area contributed by atoms with Crippen molar-refractivity contribution in [1.29, 1.82) is 0 Å². The van der Waals surface area contributed by atoms with E-state index < -0.39 is 11.9 Å². The molecule has 0 aromatic carbocycles. The highest BCUT2D eigenvalue weighted by Gasteiger charge is 2.58. The van der Waals surface area contributed by atoms with E-state index in [9.17, 15) is 22.8 Å². The molecule has 4 fully saturated rings. The number of aryl methyl sites for hydroxylation is 1. The summed E-state index contributed by atoms with van der Waals surface area (Å²) in [4.78, 5) is 27.5. The standard InChI is InChI=1S/C18H22F3N5O3/c1-24-6-12(14(23-24)18(19,20)21)29-11-4-16(5-11)7-25(8-16)15(28)26-9-17(10-26)3-2-13(27)22-17/h6,11H,2-5,7-10H2,1H3,(H,22,27). The fourth-order valence-electron chi connectivity index (χ4n) is 5.11. The minimum Gasteiger partial charge on any atom is -0.486 e. The Hall–Kier alpha value is -2.46. The van der Waals surface area contributed by atoms with Crippen LogP contribution in [0, 0.1) is 5.41 Å². The summed E-state index contributed by atoms with van der Waals surface area (Å²) >= 11 is 0. The monoisotopic (exact) mass is 413 g/mol. The number of carbonyl (C=O) groups is 2. The Balaban J connectivity index is 1.10. The summed E-state index contributed by atoms with van der Waals surface area (Å²) in [5.74, 6) is -0.195. The lowest BCUT2D eigenvalue weighted by molar-refractivity contribution is -0.146. The van der Waals surface area contributed by atoms with Crippen LogP contribution in [-0.2, 0) is 18.0 Å². The molecule has 8 nitrogen and oxygen atoms in total. The molecular weight excluding hydrogens is 391 g/mol. The SMILES string of the molecule is Cn1cc(OC2CC3(C2)CN(C(=O)N2CC4(CCC(=O)N4)C2)C3)c(C(F)(F)F)n1. The molecule has 3 saturated heterocycles. The topological polar surface area (TPSA) is 79.7 Å². The fraction of sp³-hybridized carbons (Fsp3) is 0.722. The van der Waals surface area contributed by atoms with Crippen LogP contribution in [0.4, 0.5) is 18.0 Å². The summed E-state index contributed by atoms with van der Waals surface area (Å²) in [6.45, 7) is 2.30. The first-order chi connectivity index (χ1) is 13.6. The van der Waals surface area contributed by atoms with Crippen molar-refractivity contribution in [2.24, 2.45) is 12.5 Å². The van der Waals surface area contributed by atoms with Gasteiger partial charge in [-0.1, -0.05) is 0 Å². The van der Waals surface area contributed by atoms with E-state index in [0.717, 1.165) is 11.1 Å². The van der Waals surface area contributed by atoms with Crippen molar-refractivity contribution in [3.05, 3.63) is 11.9 Å². The van der Waals surface area contributed by atoms with Gasteiger partial charge in [-0.3, -0.25) is 9.48 Å². The average Bonchev–Trinajstić information content (AvgIpc) is 3.09. The van der Waals surface area contributed by atoms with Gasteiger partial charge in [0, 0.05) is 45.1 Å². The van der Waals surface area contributed by atoms with Crippen molar-refractivity contribution >= 4 is 11.9 Å². The van der Waals surface area contributed by atoms with Crippen molar-refractivity contribution in [2.45, 2.75) is 43.5 Å². The second kappa shape index (κ2) is 5.79. The van der Waals surface area contributed by atoms with E-state index in [0.29, 0.717) is 45.4 Å². The lowest BCUT2D eigenvalue weighted by atomic mass is 9.62. The van der Waals surface area contributed by atoms with Crippen LogP contribution >= 0.6 is 0 Å². The molecule has 1 aromatic heterocycles. The zero-order chi connectivity index (χ0) is 20.6. The van der Waals surface area contributed by atoms with E-state index in [4.69, 9.17) is 4.74 Å². The Morgan fingerprint density at radius 1 is 1.24 bits per heavy atom. The first-order valence-corrected chi connectivity index (χ1v) is 9.69. The zero-order valence-corrected chi connectivity index (χ0v) is 16.0. The van der Waals surface area contributed by atoms with Crippen molar-refractivity contribution < 1.29 is 27.5 Å². The highest BCUT2D eigenvalue weighted by molar-refractivity contribution is 5.82. The lowest BCUT2D eigenvalue weighted by Crippen LogP contribution is -2.74. The van der Waals surface area contributed by atoms with Crippen LogP contribution in [0.5, 0.6) is 5.75 Å². The molecule has 1 N–H and O–H groups in total. The first-order valence-electron chi connectivity index (χ1n) is 9.69. The summed E-state index contributed by atoms with van der Waals surface area (Å²) in [6, 6.07) is -0.0293. The lowest BCUT2D eigenvalue weighted by Gasteiger charge is -2.60. The number of amides is 3. The van der Waals surface area contributed by atoms with Gasteiger partial charge in [0.2, 0.25) is 11.6 Å². The van der Waals surface area contributed by atoms with Crippen LogP contribution < -0.4 is 10.1 Å². The largest absolute Gasteiger partial charge is 0.486 e. The number of halogens is 3. The smallest absolute Gasteiger partial charge is 0.438 e. The molecule has 0 atom stereocenters.